The van der Waals surface area contributed by atoms with E-state index in [9.17, 15) is 10.4 Å². The van der Waals surface area contributed by atoms with Gasteiger partial charge in [0.25, 0.3) is 0 Å². The van der Waals surface area contributed by atoms with Crippen molar-refractivity contribution >= 4 is 0 Å². The molecule has 0 bridgehead atoms. The van der Waals surface area contributed by atoms with Crippen molar-refractivity contribution in [2.24, 2.45) is 5.92 Å². The Bertz CT molecular complexity index is 723. The monoisotopic (exact) mass is 335 g/mol. The molecule has 130 valence electrons. The van der Waals surface area contributed by atoms with E-state index in [1.807, 2.05) is 24.3 Å². The van der Waals surface area contributed by atoms with Crippen LogP contribution in [0.3, 0.4) is 0 Å². The van der Waals surface area contributed by atoms with Crippen LogP contribution in [0.4, 0.5) is 0 Å². The van der Waals surface area contributed by atoms with Gasteiger partial charge in [-0.2, -0.15) is 5.26 Å². The maximum Gasteiger partial charge on any atom is 0.118 e. The molecule has 0 aliphatic heterocycles. The van der Waals surface area contributed by atoms with Crippen LogP contribution in [0.2, 0.25) is 0 Å². The molecule has 0 amide bonds. The summed E-state index contributed by atoms with van der Waals surface area (Å²) in [5.41, 5.74) is 1.80. The van der Waals surface area contributed by atoms with Crippen LogP contribution in [0.1, 0.15) is 36.4 Å². The topological polar surface area (TPSA) is 48.5 Å². The first-order valence-corrected chi connectivity index (χ1v) is 9.07. The molecule has 0 heterocycles. The largest absolute Gasteiger partial charge is 0.393 e. The number of hydrogen-bond donors (Lipinski definition) is 2. The van der Waals surface area contributed by atoms with Crippen LogP contribution in [0, 0.1) is 17.2 Å². The number of nitrogens with one attached hydrogen (secondary N) is 1. The molecule has 2 aromatic carbocycles. The Morgan fingerprint density at radius 2 is 1.68 bits per heavy atom. The molecule has 1 fully saturated rings. The molecule has 1 saturated carbocycles. The van der Waals surface area contributed by atoms with Crippen LogP contribution in [-0.2, 0) is 5.41 Å². The third-order valence-corrected chi connectivity index (χ3v) is 5.69. The molecular formula is C22H27N2O+. The van der Waals surface area contributed by atoms with E-state index in [0.717, 1.165) is 12.0 Å². The van der Waals surface area contributed by atoms with E-state index in [1.165, 1.54) is 10.5 Å². The lowest BCUT2D eigenvalue weighted by Crippen LogP contribution is -3.07. The average Bonchev–Trinajstić information content (AvgIpc) is 2.65. The zero-order valence-electron chi connectivity index (χ0n) is 15.0. The second-order valence-corrected chi connectivity index (χ2v) is 7.50. The van der Waals surface area contributed by atoms with Crippen molar-refractivity contribution in [2.45, 2.75) is 36.8 Å². The maximum absolute atomic E-state index is 10.8. The summed E-state index contributed by atoms with van der Waals surface area (Å²) in [6.45, 7) is 0. The number of aliphatic hydroxyl groups is 1. The standard InChI is InChI=1S/C22H26N2O/c1-24(2)21(17-9-5-3-6-10-17)19-15-22(16-23,14-13-20(19)25)18-11-7-4-8-12-18/h3-12,19-21,25H,13-15H2,1-2H3/p+1/t19-,20-,21+,22-/m0/s1. The van der Waals surface area contributed by atoms with E-state index < -0.39 is 5.41 Å². The zero-order chi connectivity index (χ0) is 17.9. The zero-order valence-corrected chi connectivity index (χ0v) is 15.0. The highest BCUT2D eigenvalue weighted by Gasteiger charge is 2.47. The first-order valence-electron chi connectivity index (χ1n) is 9.07. The lowest BCUT2D eigenvalue weighted by atomic mass is 9.63. The third kappa shape index (κ3) is 3.46. The molecule has 0 radical (unpaired) electrons. The Kier molecular flexibility index (Phi) is 5.22. The lowest BCUT2D eigenvalue weighted by molar-refractivity contribution is -0.898. The van der Waals surface area contributed by atoms with Crippen molar-refractivity contribution in [2.75, 3.05) is 14.1 Å². The summed E-state index contributed by atoms with van der Waals surface area (Å²) in [7, 11) is 4.27. The quantitative estimate of drug-likeness (QED) is 0.902. The average molecular weight is 335 g/mol. The molecule has 4 atom stereocenters. The highest BCUT2D eigenvalue weighted by atomic mass is 16.3. The summed E-state index contributed by atoms with van der Waals surface area (Å²) >= 11 is 0. The third-order valence-electron chi connectivity index (χ3n) is 5.69. The van der Waals surface area contributed by atoms with Gasteiger partial charge in [-0.05, 0) is 24.8 Å². The Balaban J connectivity index is 1.98. The van der Waals surface area contributed by atoms with Gasteiger partial charge in [0.1, 0.15) is 6.04 Å². The van der Waals surface area contributed by atoms with E-state index >= 15 is 0 Å². The van der Waals surface area contributed by atoms with E-state index in [2.05, 4.69) is 56.6 Å². The van der Waals surface area contributed by atoms with Gasteiger partial charge in [-0.25, -0.2) is 0 Å². The van der Waals surface area contributed by atoms with Gasteiger partial charge in [-0.1, -0.05) is 60.7 Å². The van der Waals surface area contributed by atoms with Gasteiger partial charge in [-0.3, -0.25) is 0 Å². The van der Waals surface area contributed by atoms with Crippen molar-refractivity contribution in [1.29, 1.82) is 5.26 Å². The van der Waals surface area contributed by atoms with Crippen molar-refractivity contribution in [3.8, 4) is 6.07 Å². The molecule has 0 unspecified atom stereocenters. The number of hydrogen-bond acceptors (Lipinski definition) is 2. The van der Waals surface area contributed by atoms with Gasteiger partial charge in [-0.15, -0.1) is 0 Å². The first-order chi connectivity index (χ1) is 12.1. The number of quaternary nitrogens is 1. The first kappa shape index (κ1) is 17.7. The van der Waals surface area contributed by atoms with E-state index in [-0.39, 0.29) is 18.1 Å². The SMILES string of the molecule is C[NH+](C)[C@H](c1ccccc1)[C@H]1C[C@@](C#N)(c2ccccc2)CC[C@@H]1O. The normalized spacial score (nSPS) is 27.6. The number of benzene rings is 2. The smallest absolute Gasteiger partial charge is 0.118 e. The number of rotatable bonds is 4. The minimum Gasteiger partial charge on any atom is -0.393 e. The van der Waals surface area contributed by atoms with Crippen molar-refractivity contribution < 1.29 is 10.0 Å². The highest BCUT2D eigenvalue weighted by molar-refractivity contribution is 5.34. The Morgan fingerprint density at radius 1 is 1.08 bits per heavy atom. The fourth-order valence-corrected chi connectivity index (χ4v) is 4.44. The fourth-order valence-electron chi connectivity index (χ4n) is 4.44. The van der Waals surface area contributed by atoms with Crippen LogP contribution in [0.25, 0.3) is 0 Å². The lowest BCUT2D eigenvalue weighted by Gasteiger charge is -2.42. The van der Waals surface area contributed by atoms with Crippen molar-refractivity contribution in [3.05, 3.63) is 71.8 Å². The molecule has 0 spiro atoms. The molecule has 3 heteroatoms. The minimum absolute atomic E-state index is 0.0565. The van der Waals surface area contributed by atoms with Crippen LogP contribution >= 0.6 is 0 Å². The van der Waals surface area contributed by atoms with E-state index in [1.54, 1.807) is 0 Å². The summed E-state index contributed by atoms with van der Waals surface area (Å²) in [5.74, 6) is 0.0565. The Labute approximate surface area is 150 Å². The molecule has 3 rings (SSSR count). The van der Waals surface area contributed by atoms with Gasteiger partial charge < -0.3 is 10.0 Å². The van der Waals surface area contributed by atoms with Crippen LogP contribution in [0.15, 0.2) is 60.7 Å². The van der Waals surface area contributed by atoms with Gasteiger partial charge >= 0.3 is 0 Å². The number of aliphatic hydroxyl groups excluding tert-OH is 1. The van der Waals surface area contributed by atoms with Crippen LogP contribution in [-0.4, -0.2) is 25.3 Å². The highest BCUT2D eigenvalue weighted by Crippen LogP contribution is 2.45. The van der Waals surface area contributed by atoms with Gasteiger partial charge in [0.05, 0.1) is 31.7 Å². The molecule has 1 aliphatic carbocycles. The van der Waals surface area contributed by atoms with Crippen molar-refractivity contribution in [1.82, 2.24) is 0 Å². The van der Waals surface area contributed by atoms with Gasteiger partial charge in [0.15, 0.2) is 0 Å². The van der Waals surface area contributed by atoms with E-state index in [4.69, 9.17) is 0 Å². The summed E-state index contributed by atoms with van der Waals surface area (Å²) in [5, 5.41) is 20.9. The molecular weight excluding hydrogens is 308 g/mol. The fraction of sp³-hybridized carbons (Fsp3) is 0.409. The molecule has 3 nitrogen and oxygen atoms in total. The second-order valence-electron chi connectivity index (χ2n) is 7.50. The molecule has 2 N–H and O–H groups in total. The summed E-state index contributed by atoms with van der Waals surface area (Å²) in [6, 6.07) is 23.3. The van der Waals surface area contributed by atoms with E-state index in [0.29, 0.717) is 12.8 Å². The number of nitriles is 1. The summed E-state index contributed by atoms with van der Waals surface area (Å²) < 4.78 is 0. The van der Waals surface area contributed by atoms with Gasteiger partial charge in [0, 0.05) is 11.5 Å². The van der Waals surface area contributed by atoms with Crippen molar-refractivity contribution in [3.63, 3.8) is 0 Å². The molecule has 25 heavy (non-hydrogen) atoms. The maximum atomic E-state index is 10.8. The number of nitrogens with zero attached hydrogens (tertiary/aromatic N) is 1. The molecule has 0 aromatic heterocycles. The molecule has 0 saturated heterocycles. The Morgan fingerprint density at radius 3 is 2.24 bits per heavy atom. The second kappa shape index (κ2) is 7.39. The van der Waals surface area contributed by atoms with Crippen LogP contribution < -0.4 is 4.90 Å². The predicted octanol–water partition coefficient (Wildman–Crippen LogP) is 2.49. The Hall–Kier alpha value is -2.15. The minimum atomic E-state index is -0.506. The molecule has 1 aliphatic rings. The summed E-state index contributed by atoms with van der Waals surface area (Å²) in [6.07, 6.45) is 1.71. The molecule has 2 aromatic rings. The van der Waals surface area contributed by atoms with Crippen LogP contribution in [0.5, 0.6) is 0 Å². The predicted molar refractivity (Wildman–Crippen MR) is 99.1 cm³/mol. The van der Waals surface area contributed by atoms with Gasteiger partial charge in [0.2, 0.25) is 0 Å². The summed E-state index contributed by atoms with van der Waals surface area (Å²) in [4.78, 5) is 1.29.